The lowest BCUT2D eigenvalue weighted by molar-refractivity contribution is -0.133. The van der Waals surface area contributed by atoms with Crippen LogP contribution in [0.15, 0.2) is 0 Å². The van der Waals surface area contributed by atoms with Gasteiger partial charge in [0, 0.05) is 19.0 Å². The lowest BCUT2D eigenvalue weighted by Crippen LogP contribution is -2.55. The van der Waals surface area contributed by atoms with Crippen molar-refractivity contribution >= 4 is 23.7 Å². The minimum Gasteiger partial charge on any atom is -0.444 e. The van der Waals surface area contributed by atoms with Gasteiger partial charge in [0.1, 0.15) is 18.2 Å². The molecule has 3 N–H and O–H groups in total. The third-order valence-corrected chi connectivity index (χ3v) is 6.65. The molecule has 2 saturated heterocycles. The highest BCUT2D eigenvalue weighted by molar-refractivity contribution is 5.94. The van der Waals surface area contributed by atoms with E-state index in [1.807, 2.05) is 0 Å². The highest BCUT2D eigenvalue weighted by Crippen LogP contribution is 2.65. The molecule has 0 radical (unpaired) electrons. The molecule has 0 bridgehead atoms. The molecule has 3 rings (SSSR count). The number of carbonyl (C=O) groups is 4. The van der Waals surface area contributed by atoms with Crippen molar-refractivity contribution in [3.63, 3.8) is 0 Å². The molecule has 30 heavy (non-hydrogen) atoms. The van der Waals surface area contributed by atoms with Gasteiger partial charge in [-0.3, -0.25) is 19.3 Å². The van der Waals surface area contributed by atoms with Crippen molar-refractivity contribution in [1.82, 2.24) is 15.5 Å². The predicted molar refractivity (Wildman–Crippen MR) is 107 cm³/mol. The number of carbonyl (C=O) groups excluding carboxylic acids is 4. The van der Waals surface area contributed by atoms with Crippen LogP contribution in [0.3, 0.4) is 0 Å². The predicted octanol–water partition coefficient (Wildman–Crippen LogP) is 0.450. The summed E-state index contributed by atoms with van der Waals surface area (Å²) in [6.45, 7) is 9.66. The molecule has 1 saturated carbocycles. The van der Waals surface area contributed by atoms with Gasteiger partial charge >= 0.3 is 6.09 Å². The Kier molecular flexibility index (Phi) is 5.88. The van der Waals surface area contributed by atoms with Crippen LogP contribution in [-0.2, 0) is 19.1 Å². The Morgan fingerprint density at radius 2 is 2.00 bits per heavy atom. The van der Waals surface area contributed by atoms with Crippen molar-refractivity contribution < 1.29 is 29.0 Å². The molecule has 3 fully saturated rings. The summed E-state index contributed by atoms with van der Waals surface area (Å²) in [4.78, 5) is 51.6. The largest absolute Gasteiger partial charge is 0.444 e. The topological polar surface area (TPSA) is 125 Å². The number of ether oxygens (including phenoxy) is 1. The Morgan fingerprint density at radius 1 is 1.33 bits per heavy atom. The van der Waals surface area contributed by atoms with Crippen molar-refractivity contribution in [2.75, 3.05) is 19.7 Å². The van der Waals surface area contributed by atoms with Crippen LogP contribution in [0.1, 0.15) is 47.5 Å². The summed E-state index contributed by atoms with van der Waals surface area (Å²) in [6, 6.07) is -1.72. The van der Waals surface area contributed by atoms with Crippen molar-refractivity contribution in [1.29, 1.82) is 0 Å². The second-order valence-electron chi connectivity index (χ2n) is 10.2. The van der Waals surface area contributed by atoms with Gasteiger partial charge in [0.25, 0.3) is 0 Å². The van der Waals surface area contributed by atoms with Crippen LogP contribution in [-0.4, -0.2) is 71.1 Å². The molecule has 168 valence electrons. The molecular weight excluding hydrogens is 390 g/mol. The summed E-state index contributed by atoms with van der Waals surface area (Å²) in [5, 5.41) is 14.8. The molecule has 1 unspecified atom stereocenters. The monoisotopic (exact) mass is 423 g/mol. The number of fused-ring (bicyclic) bond motifs is 1. The molecule has 0 aromatic rings. The number of rotatable bonds is 6. The van der Waals surface area contributed by atoms with E-state index in [0.29, 0.717) is 19.5 Å². The van der Waals surface area contributed by atoms with Gasteiger partial charge < -0.3 is 20.5 Å². The summed E-state index contributed by atoms with van der Waals surface area (Å²) in [6.07, 6.45) is 0.161. The lowest BCUT2D eigenvalue weighted by atomic mass is 9.95. The number of nitrogens with one attached hydrogen (secondary N) is 2. The summed E-state index contributed by atoms with van der Waals surface area (Å²) in [7, 11) is 0. The first-order valence-corrected chi connectivity index (χ1v) is 10.6. The Morgan fingerprint density at radius 3 is 2.53 bits per heavy atom. The fourth-order valence-corrected chi connectivity index (χ4v) is 4.89. The second kappa shape index (κ2) is 7.83. The summed E-state index contributed by atoms with van der Waals surface area (Å²) in [5.74, 6) is -1.36. The standard InChI is InChI=1S/C21H33N3O6/c1-20(2,3)30-19(29)24-9-12-15(21(12,4)5)16(24)18(28)23-13(14(26)10-25)8-11-6-7-22-17(11)27/h11-13,15-16,25H,6-10H2,1-5H3,(H,22,27)(H,23,28)/t11?,12-,13-,15-,16-/m0/s1. The highest BCUT2D eigenvalue weighted by atomic mass is 16.6. The van der Waals surface area contributed by atoms with E-state index in [2.05, 4.69) is 24.5 Å². The van der Waals surface area contributed by atoms with Crippen molar-refractivity contribution in [2.24, 2.45) is 23.2 Å². The number of Topliss-reactive ketones (excluding diaryl/α,β-unsaturated/α-hetero) is 1. The second-order valence-corrected chi connectivity index (χ2v) is 10.2. The SMILES string of the molecule is CC(C)(C)OC(=O)N1C[C@H]2[C@@H]([C@H]1C(=O)N[C@@H](CC1CCNC1=O)C(=O)CO)C2(C)C. The molecule has 0 spiro atoms. The number of nitrogens with zero attached hydrogens (tertiary/aromatic N) is 1. The van der Waals surface area contributed by atoms with Crippen LogP contribution in [0.4, 0.5) is 4.79 Å². The maximum Gasteiger partial charge on any atom is 0.410 e. The molecule has 9 heteroatoms. The van der Waals surface area contributed by atoms with Crippen molar-refractivity contribution in [2.45, 2.75) is 65.1 Å². The number of hydrogen-bond donors (Lipinski definition) is 3. The average molecular weight is 424 g/mol. The molecule has 2 heterocycles. The van der Waals surface area contributed by atoms with Crippen molar-refractivity contribution in [3.8, 4) is 0 Å². The number of aliphatic hydroxyl groups excluding tert-OH is 1. The molecule has 1 aliphatic carbocycles. The Hall–Kier alpha value is -2.16. The molecule has 9 nitrogen and oxygen atoms in total. The van der Waals surface area contributed by atoms with Gasteiger partial charge in [-0.15, -0.1) is 0 Å². The number of amides is 3. The summed E-state index contributed by atoms with van der Waals surface area (Å²) < 4.78 is 5.48. The molecule has 0 aromatic heterocycles. The smallest absolute Gasteiger partial charge is 0.410 e. The maximum atomic E-state index is 13.2. The fraction of sp³-hybridized carbons (Fsp3) is 0.810. The lowest BCUT2D eigenvalue weighted by Gasteiger charge is -2.33. The molecular formula is C21H33N3O6. The van der Waals surface area contributed by atoms with Gasteiger partial charge in [-0.05, 0) is 50.9 Å². The highest BCUT2D eigenvalue weighted by Gasteiger charge is 2.69. The number of hydrogen-bond acceptors (Lipinski definition) is 6. The van der Waals surface area contributed by atoms with Crippen LogP contribution in [0.2, 0.25) is 0 Å². The van der Waals surface area contributed by atoms with E-state index in [1.54, 1.807) is 20.8 Å². The minimum atomic E-state index is -0.974. The first-order valence-electron chi connectivity index (χ1n) is 10.6. The number of piperidine rings is 1. The number of aliphatic hydroxyl groups is 1. The number of ketones is 1. The van der Waals surface area contributed by atoms with Gasteiger partial charge in [0.05, 0.1) is 6.04 Å². The van der Waals surface area contributed by atoms with E-state index in [0.717, 1.165) is 0 Å². The van der Waals surface area contributed by atoms with Crippen LogP contribution in [0, 0.1) is 23.2 Å². The van der Waals surface area contributed by atoms with Gasteiger partial charge in [-0.2, -0.15) is 0 Å². The zero-order valence-corrected chi connectivity index (χ0v) is 18.4. The zero-order chi connectivity index (χ0) is 22.4. The first-order chi connectivity index (χ1) is 13.9. The van der Waals surface area contributed by atoms with Crippen LogP contribution < -0.4 is 10.6 Å². The average Bonchev–Trinajstić information content (AvgIpc) is 3.01. The molecule has 0 aromatic carbocycles. The van der Waals surface area contributed by atoms with Gasteiger partial charge in [-0.1, -0.05) is 13.8 Å². The quantitative estimate of drug-likeness (QED) is 0.570. The number of likely N-dealkylation sites (tertiary alicyclic amines) is 1. The van der Waals surface area contributed by atoms with Gasteiger partial charge in [0.2, 0.25) is 11.8 Å². The van der Waals surface area contributed by atoms with Crippen LogP contribution >= 0.6 is 0 Å². The third kappa shape index (κ3) is 4.31. The summed E-state index contributed by atoms with van der Waals surface area (Å²) in [5.41, 5.74) is -0.770. The normalized spacial score (nSPS) is 30.3. The molecule has 2 aliphatic heterocycles. The molecule has 3 amide bonds. The van der Waals surface area contributed by atoms with Gasteiger partial charge in [0.15, 0.2) is 5.78 Å². The molecule has 5 atom stereocenters. The van der Waals surface area contributed by atoms with Crippen LogP contribution in [0.5, 0.6) is 0 Å². The molecule has 3 aliphatic rings. The first kappa shape index (κ1) is 22.5. The van der Waals surface area contributed by atoms with Gasteiger partial charge in [-0.25, -0.2) is 4.79 Å². The Bertz CT molecular complexity index is 744. The van der Waals surface area contributed by atoms with E-state index in [1.165, 1.54) is 4.90 Å². The van der Waals surface area contributed by atoms with E-state index in [9.17, 15) is 24.3 Å². The van der Waals surface area contributed by atoms with Crippen molar-refractivity contribution in [3.05, 3.63) is 0 Å². The zero-order valence-electron chi connectivity index (χ0n) is 18.4. The minimum absolute atomic E-state index is 0.0234. The third-order valence-electron chi connectivity index (χ3n) is 6.65. The van der Waals surface area contributed by atoms with E-state index in [-0.39, 0.29) is 35.5 Å². The summed E-state index contributed by atoms with van der Waals surface area (Å²) >= 11 is 0. The Labute approximate surface area is 176 Å². The maximum absolute atomic E-state index is 13.2. The van der Waals surface area contributed by atoms with E-state index >= 15 is 0 Å². The van der Waals surface area contributed by atoms with Crippen LogP contribution in [0.25, 0.3) is 0 Å². The van der Waals surface area contributed by atoms with E-state index < -0.39 is 42.1 Å². The van der Waals surface area contributed by atoms with E-state index in [4.69, 9.17) is 4.74 Å². The fourth-order valence-electron chi connectivity index (χ4n) is 4.89. The Balaban J connectivity index is 1.75.